The monoisotopic (exact) mass is 378 g/mol. The molecule has 0 spiro atoms. The summed E-state index contributed by atoms with van der Waals surface area (Å²) in [6.45, 7) is 2.37. The molecule has 7 heteroatoms. The molecule has 1 amide bonds. The van der Waals surface area contributed by atoms with Crippen molar-refractivity contribution in [3.63, 3.8) is 0 Å². The van der Waals surface area contributed by atoms with Crippen LogP contribution in [0.25, 0.3) is 11.3 Å². The Morgan fingerprint density at radius 3 is 2.60 bits per heavy atom. The Kier molecular flexibility index (Phi) is 5.39. The molecule has 0 radical (unpaired) electrons. The van der Waals surface area contributed by atoms with Gasteiger partial charge in [-0.15, -0.1) is 11.3 Å². The Morgan fingerprint density at radius 2 is 1.96 bits per heavy atom. The van der Waals surface area contributed by atoms with Crippen LogP contribution in [0.2, 0.25) is 5.02 Å². The second-order valence-electron chi connectivity index (χ2n) is 6.28. The van der Waals surface area contributed by atoms with Crippen LogP contribution in [-0.4, -0.2) is 22.0 Å². The van der Waals surface area contributed by atoms with Gasteiger partial charge in [-0.25, -0.2) is 4.98 Å². The zero-order chi connectivity index (χ0) is 18.0. The summed E-state index contributed by atoms with van der Waals surface area (Å²) in [5, 5.41) is 13.4. The van der Waals surface area contributed by atoms with Crippen LogP contribution < -0.4 is 5.32 Å². The van der Waals surface area contributed by atoms with Gasteiger partial charge in [0.15, 0.2) is 0 Å². The number of carbonyl (C=O) groups is 2. The first-order valence-electron chi connectivity index (χ1n) is 8.17. The molecule has 5 nitrogen and oxygen atoms in total. The molecule has 3 rings (SSSR count). The molecule has 2 atom stereocenters. The molecule has 0 unspecified atom stereocenters. The van der Waals surface area contributed by atoms with Crippen LogP contribution in [0, 0.1) is 18.8 Å². The van der Waals surface area contributed by atoms with Gasteiger partial charge < -0.3 is 10.4 Å². The molecule has 25 heavy (non-hydrogen) atoms. The fourth-order valence-corrected chi connectivity index (χ4v) is 4.17. The number of aromatic nitrogens is 1. The zero-order valence-corrected chi connectivity index (χ0v) is 15.4. The summed E-state index contributed by atoms with van der Waals surface area (Å²) in [7, 11) is 0. The first kappa shape index (κ1) is 17.9. The largest absolute Gasteiger partial charge is 0.481 e. The molecule has 0 saturated heterocycles. The Labute approximate surface area is 155 Å². The van der Waals surface area contributed by atoms with E-state index in [0.717, 1.165) is 21.1 Å². The summed E-state index contributed by atoms with van der Waals surface area (Å²) in [6, 6.07) is 7.51. The fourth-order valence-electron chi connectivity index (χ4n) is 3.15. The molecule has 2 N–H and O–H groups in total. The van der Waals surface area contributed by atoms with Gasteiger partial charge in [0.05, 0.1) is 18.2 Å². The van der Waals surface area contributed by atoms with Crippen LogP contribution in [0.3, 0.4) is 0 Å². The Bertz CT molecular complexity index is 788. The number of carboxylic acids is 1. The van der Waals surface area contributed by atoms with Gasteiger partial charge in [0.2, 0.25) is 5.91 Å². The van der Waals surface area contributed by atoms with Gasteiger partial charge in [-0.3, -0.25) is 9.59 Å². The van der Waals surface area contributed by atoms with Crippen molar-refractivity contribution >= 4 is 34.8 Å². The highest BCUT2D eigenvalue weighted by atomic mass is 35.5. The van der Waals surface area contributed by atoms with Gasteiger partial charge in [0.1, 0.15) is 5.01 Å². The van der Waals surface area contributed by atoms with E-state index in [1.165, 1.54) is 0 Å². The molecule has 1 aliphatic carbocycles. The number of carboxylic acid groups (broad SMARTS) is 1. The maximum atomic E-state index is 12.2. The van der Waals surface area contributed by atoms with Crippen molar-refractivity contribution in [1.29, 1.82) is 0 Å². The van der Waals surface area contributed by atoms with Gasteiger partial charge in [0, 0.05) is 21.4 Å². The number of hydrogen-bond donors (Lipinski definition) is 2. The van der Waals surface area contributed by atoms with E-state index in [2.05, 4.69) is 10.3 Å². The summed E-state index contributed by atoms with van der Waals surface area (Å²) < 4.78 is 0. The number of rotatable bonds is 5. The third-order valence-corrected chi connectivity index (χ3v) is 5.75. The number of aliphatic carboxylic acids is 1. The molecule has 1 fully saturated rings. The first-order valence-corrected chi connectivity index (χ1v) is 9.36. The van der Waals surface area contributed by atoms with Crippen molar-refractivity contribution in [1.82, 2.24) is 10.3 Å². The minimum absolute atomic E-state index is 0.0790. The highest BCUT2D eigenvalue weighted by Gasteiger charge is 2.33. The van der Waals surface area contributed by atoms with Crippen LogP contribution in [0.1, 0.15) is 29.1 Å². The number of nitrogens with one attached hydrogen (secondary N) is 1. The normalized spacial score (nSPS) is 19.8. The molecule has 2 aromatic rings. The summed E-state index contributed by atoms with van der Waals surface area (Å²) in [4.78, 5) is 28.9. The summed E-state index contributed by atoms with van der Waals surface area (Å²) in [5.74, 6) is -1.49. The van der Waals surface area contributed by atoms with Crippen molar-refractivity contribution in [2.45, 2.75) is 32.7 Å². The van der Waals surface area contributed by atoms with E-state index in [4.69, 9.17) is 16.7 Å². The second kappa shape index (κ2) is 7.54. The van der Waals surface area contributed by atoms with Crippen LogP contribution in [0.4, 0.5) is 0 Å². The van der Waals surface area contributed by atoms with E-state index in [9.17, 15) is 9.59 Å². The smallest absolute Gasteiger partial charge is 0.306 e. The third kappa shape index (κ3) is 4.19. The van der Waals surface area contributed by atoms with E-state index < -0.39 is 11.9 Å². The van der Waals surface area contributed by atoms with Gasteiger partial charge >= 0.3 is 5.97 Å². The number of nitrogens with zero attached hydrogens (tertiary/aromatic N) is 1. The molecule has 0 bridgehead atoms. The van der Waals surface area contributed by atoms with E-state index in [1.54, 1.807) is 11.3 Å². The number of halogens is 1. The lowest BCUT2D eigenvalue weighted by Crippen LogP contribution is -2.29. The van der Waals surface area contributed by atoms with Crippen molar-refractivity contribution in [2.24, 2.45) is 11.8 Å². The number of hydrogen-bond acceptors (Lipinski definition) is 4. The maximum absolute atomic E-state index is 12.2. The van der Waals surface area contributed by atoms with Crippen LogP contribution >= 0.6 is 22.9 Å². The van der Waals surface area contributed by atoms with Crippen LogP contribution in [-0.2, 0) is 16.1 Å². The molecule has 1 aromatic carbocycles. The summed E-state index contributed by atoms with van der Waals surface area (Å²) in [5.41, 5.74) is 1.90. The third-order valence-electron chi connectivity index (χ3n) is 4.53. The van der Waals surface area contributed by atoms with Crippen molar-refractivity contribution < 1.29 is 14.7 Å². The van der Waals surface area contributed by atoms with Crippen LogP contribution in [0.15, 0.2) is 24.3 Å². The predicted molar refractivity (Wildman–Crippen MR) is 97.6 cm³/mol. The minimum Gasteiger partial charge on any atom is -0.481 e. The summed E-state index contributed by atoms with van der Waals surface area (Å²) >= 11 is 7.47. The standard InChI is InChI=1S/C18H19ClN2O3S/c1-10-16(11-4-6-14(19)7-5-11)21-15(25-10)9-20-17(22)12-2-3-13(8-12)18(23)24/h4-7,12-13H,2-3,8-9H2,1H3,(H,20,22)(H,23,24)/t12-,13+/m1/s1. The molecule has 132 valence electrons. The number of aryl methyl sites for hydroxylation is 1. The van der Waals surface area contributed by atoms with E-state index in [-0.39, 0.29) is 11.8 Å². The van der Waals surface area contributed by atoms with Crippen molar-refractivity contribution in [3.05, 3.63) is 39.2 Å². The topological polar surface area (TPSA) is 79.3 Å². The van der Waals surface area contributed by atoms with Gasteiger partial charge in [-0.2, -0.15) is 0 Å². The Balaban J connectivity index is 1.61. The SMILES string of the molecule is Cc1sc(CNC(=O)[C@@H]2CC[C@H](C(=O)O)C2)nc1-c1ccc(Cl)cc1. The quantitative estimate of drug-likeness (QED) is 0.827. The van der Waals surface area contributed by atoms with E-state index >= 15 is 0 Å². The van der Waals surface area contributed by atoms with E-state index in [1.807, 2.05) is 31.2 Å². The van der Waals surface area contributed by atoms with Gasteiger partial charge in [-0.05, 0) is 38.3 Å². The highest BCUT2D eigenvalue weighted by Crippen LogP contribution is 2.32. The second-order valence-corrected chi connectivity index (χ2v) is 8.01. The number of carbonyl (C=O) groups excluding carboxylic acids is 1. The molecule has 1 aliphatic rings. The molecule has 1 saturated carbocycles. The first-order chi connectivity index (χ1) is 11.9. The Hall–Kier alpha value is -1.92. The number of benzene rings is 1. The number of thiazole rings is 1. The Morgan fingerprint density at radius 1 is 1.28 bits per heavy atom. The fraction of sp³-hybridized carbons (Fsp3) is 0.389. The molecule has 1 aromatic heterocycles. The van der Waals surface area contributed by atoms with E-state index in [0.29, 0.717) is 30.8 Å². The lowest BCUT2D eigenvalue weighted by Gasteiger charge is -2.09. The number of amides is 1. The molecule has 0 aliphatic heterocycles. The van der Waals surface area contributed by atoms with Crippen molar-refractivity contribution in [3.8, 4) is 11.3 Å². The highest BCUT2D eigenvalue weighted by molar-refractivity contribution is 7.12. The van der Waals surface area contributed by atoms with Crippen LogP contribution in [0.5, 0.6) is 0 Å². The van der Waals surface area contributed by atoms with Crippen molar-refractivity contribution in [2.75, 3.05) is 0 Å². The van der Waals surface area contributed by atoms with Gasteiger partial charge in [0.25, 0.3) is 0 Å². The predicted octanol–water partition coefficient (Wildman–Crippen LogP) is 3.89. The lowest BCUT2D eigenvalue weighted by molar-refractivity contribution is -0.141. The average Bonchev–Trinajstić information content (AvgIpc) is 3.20. The lowest BCUT2D eigenvalue weighted by atomic mass is 10.0. The summed E-state index contributed by atoms with van der Waals surface area (Å²) in [6.07, 6.45) is 1.63. The molecular weight excluding hydrogens is 360 g/mol. The molecule has 1 heterocycles. The average molecular weight is 379 g/mol. The zero-order valence-electron chi connectivity index (χ0n) is 13.8. The maximum Gasteiger partial charge on any atom is 0.306 e. The minimum atomic E-state index is -0.807. The van der Waals surface area contributed by atoms with Gasteiger partial charge in [-0.1, -0.05) is 23.7 Å². The molecular formula is C18H19ClN2O3S.